The van der Waals surface area contributed by atoms with Crippen molar-refractivity contribution in [2.24, 2.45) is 7.05 Å². The second-order valence-corrected chi connectivity index (χ2v) is 5.83. The summed E-state index contributed by atoms with van der Waals surface area (Å²) in [6, 6.07) is 2.69. The average molecular weight is 275 g/mol. The standard InChI is InChI=1S/C14H17N3OS/c1-10-13(8-18)14(16(2)15-10)17(12-3-4-12)7-11-5-6-19-9-11/h5-6,8-9,12H,3-4,7H2,1-2H3. The van der Waals surface area contributed by atoms with Gasteiger partial charge in [0.25, 0.3) is 0 Å². The van der Waals surface area contributed by atoms with Crippen LogP contribution in [0.1, 0.15) is 34.5 Å². The van der Waals surface area contributed by atoms with Gasteiger partial charge in [-0.3, -0.25) is 9.48 Å². The van der Waals surface area contributed by atoms with E-state index in [4.69, 9.17) is 0 Å². The zero-order valence-electron chi connectivity index (χ0n) is 11.2. The molecule has 100 valence electrons. The molecule has 1 aliphatic carbocycles. The van der Waals surface area contributed by atoms with Crippen molar-refractivity contribution in [2.45, 2.75) is 32.4 Å². The lowest BCUT2D eigenvalue weighted by molar-refractivity contribution is 0.112. The van der Waals surface area contributed by atoms with Crippen LogP contribution < -0.4 is 4.90 Å². The third-order valence-corrected chi connectivity index (χ3v) is 4.28. The van der Waals surface area contributed by atoms with E-state index in [0.717, 1.165) is 29.9 Å². The van der Waals surface area contributed by atoms with Crippen LogP contribution in [0.15, 0.2) is 16.8 Å². The topological polar surface area (TPSA) is 38.1 Å². The fraction of sp³-hybridized carbons (Fsp3) is 0.429. The summed E-state index contributed by atoms with van der Waals surface area (Å²) in [5, 5.41) is 8.65. The van der Waals surface area contributed by atoms with E-state index in [1.807, 2.05) is 18.7 Å². The van der Waals surface area contributed by atoms with E-state index in [1.54, 1.807) is 11.3 Å². The molecule has 0 aliphatic heterocycles. The molecule has 19 heavy (non-hydrogen) atoms. The molecule has 0 bridgehead atoms. The molecular weight excluding hydrogens is 258 g/mol. The lowest BCUT2D eigenvalue weighted by atomic mass is 10.2. The maximum atomic E-state index is 11.3. The number of aryl methyl sites for hydroxylation is 2. The van der Waals surface area contributed by atoms with Crippen LogP contribution >= 0.6 is 11.3 Å². The zero-order chi connectivity index (χ0) is 13.4. The molecule has 0 radical (unpaired) electrons. The smallest absolute Gasteiger partial charge is 0.155 e. The van der Waals surface area contributed by atoms with Gasteiger partial charge in [-0.05, 0) is 42.2 Å². The number of anilines is 1. The number of hydrogen-bond donors (Lipinski definition) is 0. The van der Waals surface area contributed by atoms with Crippen LogP contribution in [0.4, 0.5) is 5.82 Å². The van der Waals surface area contributed by atoms with Crippen molar-refractivity contribution in [3.05, 3.63) is 33.6 Å². The highest BCUT2D eigenvalue weighted by molar-refractivity contribution is 7.07. The first kappa shape index (κ1) is 12.4. The quantitative estimate of drug-likeness (QED) is 0.788. The number of rotatable bonds is 5. The summed E-state index contributed by atoms with van der Waals surface area (Å²) in [4.78, 5) is 13.7. The van der Waals surface area contributed by atoms with Crippen LogP contribution in [0.2, 0.25) is 0 Å². The fourth-order valence-electron chi connectivity index (χ4n) is 2.48. The highest BCUT2D eigenvalue weighted by Gasteiger charge is 2.33. The largest absolute Gasteiger partial charge is 0.349 e. The van der Waals surface area contributed by atoms with Crippen molar-refractivity contribution in [1.82, 2.24) is 9.78 Å². The summed E-state index contributed by atoms with van der Waals surface area (Å²) < 4.78 is 1.84. The number of aldehydes is 1. The molecule has 2 aromatic heterocycles. The van der Waals surface area contributed by atoms with Gasteiger partial charge in [-0.1, -0.05) is 0 Å². The van der Waals surface area contributed by atoms with Crippen molar-refractivity contribution in [3.8, 4) is 0 Å². The molecule has 2 aromatic rings. The first-order valence-corrected chi connectivity index (χ1v) is 7.41. The van der Waals surface area contributed by atoms with Crippen molar-refractivity contribution >= 4 is 23.4 Å². The van der Waals surface area contributed by atoms with Crippen LogP contribution in [-0.4, -0.2) is 22.1 Å². The SMILES string of the molecule is Cc1nn(C)c(N(Cc2ccsc2)C2CC2)c1C=O. The van der Waals surface area contributed by atoms with Gasteiger partial charge in [0.15, 0.2) is 6.29 Å². The molecule has 0 spiro atoms. The Morgan fingerprint density at radius 2 is 2.37 bits per heavy atom. The van der Waals surface area contributed by atoms with Crippen LogP contribution in [0.25, 0.3) is 0 Å². The summed E-state index contributed by atoms with van der Waals surface area (Å²) in [5.41, 5.74) is 2.83. The predicted octanol–water partition coefficient (Wildman–Crippen LogP) is 2.77. The van der Waals surface area contributed by atoms with Gasteiger partial charge in [0.1, 0.15) is 5.82 Å². The maximum absolute atomic E-state index is 11.3. The molecular formula is C14H17N3OS. The molecule has 2 heterocycles. The highest BCUT2D eigenvalue weighted by atomic mass is 32.1. The minimum Gasteiger partial charge on any atom is -0.349 e. The van der Waals surface area contributed by atoms with E-state index in [9.17, 15) is 4.79 Å². The van der Waals surface area contributed by atoms with E-state index >= 15 is 0 Å². The maximum Gasteiger partial charge on any atom is 0.155 e. The molecule has 0 aromatic carbocycles. The van der Waals surface area contributed by atoms with Crippen LogP contribution in [-0.2, 0) is 13.6 Å². The predicted molar refractivity (Wildman–Crippen MR) is 76.9 cm³/mol. The Bertz CT molecular complexity index is 584. The Kier molecular flexibility index (Phi) is 3.14. The molecule has 0 unspecified atom stereocenters. The first-order valence-electron chi connectivity index (χ1n) is 6.47. The molecule has 1 saturated carbocycles. The molecule has 0 N–H and O–H groups in total. The van der Waals surface area contributed by atoms with Gasteiger partial charge in [0.2, 0.25) is 0 Å². The van der Waals surface area contributed by atoms with Gasteiger partial charge in [-0.15, -0.1) is 0 Å². The Hall–Kier alpha value is -1.62. The van der Waals surface area contributed by atoms with Crippen molar-refractivity contribution in [1.29, 1.82) is 0 Å². The number of aromatic nitrogens is 2. The molecule has 0 amide bonds. The molecule has 5 heteroatoms. The van der Waals surface area contributed by atoms with Crippen LogP contribution in [0, 0.1) is 6.92 Å². The number of hydrogen-bond acceptors (Lipinski definition) is 4. The van der Waals surface area contributed by atoms with Gasteiger partial charge in [0, 0.05) is 19.6 Å². The fourth-order valence-corrected chi connectivity index (χ4v) is 3.14. The summed E-state index contributed by atoms with van der Waals surface area (Å²) in [6.07, 6.45) is 3.33. The Morgan fingerprint density at radius 3 is 2.95 bits per heavy atom. The second kappa shape index (κ2) is 4.81. The molecule has 0 saturated heterocycles. The van der Waals surface area contributed by atoms with E-state index in [1.165, 1.54) is 18.4 Å². The Balaban J connectivity index is 1.98. The minimum absolute atomic E-state index is 0.549. The number of thiophene rings is 1. The van der Waals surface area contributed by atoms with Crippen LogP contribution in [0.5, 0.6) is 0 Å². The monoisotopic (exact) mass is 275 g/mol. The van der Waals surface area contributed by atoms with E-state index in [2.05, 4.69) is 26.8 Å². The summed E-state index contributed by atoms with van der Waals surface area (Å²) in [7, 11) is 1.92. The zero-order valence-corrected chi connectivity index (χ0v) is 12.0. The number of carbonyl (C=O) groups excluding carboxylic acids is 1. The van der Waals surface area contributed by atoms with E-state index in [-0.39, 0.29) is 0 Å². The van der Waals surface area contributed by atoms with Crippen molar-refractivity contribution in [3.63, 3.8) is 0 Å². The third-order valence-electron chi connectivity index (χ3n) is 3.55. The summed E-state index contributed by atoms with van der Waals surface area (Å²) in [6.45, 7) is 2.75. The van der Waals surface area contributed by atoms with Gasteiger partial charge >= 0.3 is 0 Å². The lowest BCUT2D eigenvalue weighted by Crippen LogP contribution is -2.28. The average Bonchev–Trinajstić information content (AvgIpc) is 3.02. The molecule has 1 fully saturated rings. The second-order valence-electron chi connectivity index (χ2n) is 5.05. The minimum atomic E-state index is 0.549. The van der Waals surface area contributed by atoms with Gasteiger partial charge in [-0.2, -0.15) is 16.4 Å². The highest BCUT2D eigenvalue weighted by Crippen LogP contribution is 2.35. The van der Waals surface area contributed by atoms with Gasteiger partial charge in [-0.25, -0.2) is 0 Å². The van der Waals surface area contributed by atoms with Crippen LogP contribution in [0.3, 0.4) is 0 Å². The van der Waals surface area contributed by atoms with Gasteiger partial charge < -0.3 is 4.90 Å². The normalized spacial score (nSPS) is 14.6. The summed E-state index contributed by atoms with van der Waals surface area (Å²) in [5.74, 6) is 0.959. The third kappa shape index (κ3) is 2.30. The molecule has 3 rings (SSSR count). The lowest BCUT2D eigenvalue weighted by Gasteiger charge is -2.24. The van der Waals surface area contributed by atoms with Crippen molar-refractivity contribution < 1.29 is 4.79 Å². The first-order chi connectivity index (χ1) is 9.20. The number of nitrogens with zero attached hydrogens (tertiary/aromatic N) is 3. The van der Waals surface area contributed by atoms with Crippen molar-refractivity contribution in [2.75, 3.05) is 4.90 Å². The van der Waals surface area contributed by atoms with Gasteiger partial charge in [0.05, 0.1) is 11.3 Å². The Morgan fingerprint density at radius 1 is 1.58 bits per heavy atom. The number of carbonyl (C=O) groups is 1. The molecule has 1 aliphatic rings. The molecule has 0 atom stereocenters. The Labute approximate surface area is 116 Å². The molecule has 4 nitrogen and oxygen atoms in total. The van der Waals surface area contributed by atoms with E-state index in [0.29, 0.717) is 6.04 Å². The van der Waals surface area contributed by atoms with E-state index < -0.39 is 0 Å². The summed E-state index contributed by atoms with van der Waals surface area (Å²) >= 11 is 1.71.